The Balaban J connectivity index is 2.46. The van der Waals surface area contributed by atoms with Gasteiger partial charge in [0.2, 0.25) is 0 Å². The third-order valence-corrected chi connectivity index (χ3v) is 4.55. The van der Waals surface area contributed by atoms with Gasteiger partial charge in [0, 0.05) is 5.46 Å². The molecular formula is C16H19BF4O5. The molecular weight excluding hydrogens is 359 g/mol. The van der Waals surface area contributed by atoms with E-state index in [1.807, 2.05) is 0 Å². The zero-order valence-corrected chi connectivity index (χ0v) is 14.7. The van der Waals surface area contributed by atoms with Gasteiger partial charge in [-0.15, -0.1) is 0 Å². The minimum atomic E-state index is -3.19. The maximum absolute atomic E-state index is 14.4. The Kier molecular flexibility index (Phi) is 5.58. The highest BCUT2D eigenvalue weighted by molar-refractivity contribution is 6.62. The van der Waals surface area contributed by atoms with E-state index in [1.165, 1.54) is 0 Å². The molecule has 144 valence electrons. The summed E-state index contributed by atoms with van der Waals surface area (Å²) in [6.07, 6.45) is -5.36. The van der Waals surface area contributed by atoms with Crippen LogP contribution >= 0.6 is 0 Å². The van der Waals surface area contributed by atoms with Crippen LogP contribution in [0.2, 0.25) is 0 Å². The van der Waals surface area contributed by atoms with Crippen molar-refractivity contribution in [3.8, 4) is 5.75 Å². The first kappa shape index (κ1) is 20.5. The van der Waals surface area contributed by atoms with Gasteiger partial charge in [0.1, 0.15) is 23.8 Å². The van der Waals surface area contributed by atoms with E-state index in [2.05, 4.69) is 0 Å². The lowest BCUT2D eigenvalue weighted by atomic mass is 9.78. The van der Waals surface area contributed by atoms with Crippen LogP contribution in [0.25, 0.3) is 0 Å². The molecule has 0 spiro atoms. The van der Waals surface area contributed by atoms with Crippen LogP contribution in [0.4, 0.5) is 17.6 Å². The molecule has 1 unspecified atom stereocenters. The van der Waals surface area contributed by atoms with Crippen LogP contribution in [0.1, 0.15) is 38.1 Å². The standard InChI is InChI=1S/C16H19BF4O5/c1-15(2)16(3,4)26-17(25-15)9-6-11(24-12(7-18)13(20)21)8(14(22)23)5-10(9)19/h5-6,12-13H,7H2,1-4H3,(H,22,23). The molecule has 1 aromatic rings. The van der Waals surface area contributed by atoms with Gasteiger partial charge in [-0.2, -0.15) is 0 Å². The van der Waals surface area contributed by atoms with Crippen LogP contribution in [0.15, 0.2) is 12.1 Å². The van der Waals surface area contributed by atoms with Gasteiger partial charge in [-0.05, 0) is 39.8 Å². The second-order valence-corrected chi connectivity index (χ2v) is 6.91. The summed E-state index contributed by atoms with van der Waals surface area (Å²) in [5.41, 5.74) is -2.54. The number of carbonyl (C=O) groups is 1. The van der Waals surface area contributed by atoms with E-state index >= 15 is 0 Å². The Morgan fingerprint density at radius 3 is 2.19 bits per heavy atom. The third kappa shape index (κ3) is 3.80. The number of carboxylic acid groups (broad SMARTS) is 1. The van der Waals surface area contributed by atoms with E-state index in [0.717, 1.165) is 6.07 Å². The molecule has 2 rings (SSSR count). The lowest BCUT2D eigenvalue weighted by molar-refractivity contribution is -0.00194. The molecule has 1 saturated heterocycles. The van der Waals surface area contributed by atoms with E-state index in [4.69, 9.17) is 19.2 Å². The lowest BCUT2D eigenvalue weighted by Gasteiger charge is -2.32. The number of ether oxygens (including phenoxy) is 1. The Bertz CT molecular complexity index is 679. The van der Waals surface area contributed by atoms with E-state index in [9.17, 15) is 22.4 Å². The fourth-order valence-electron chi connectivity index (χ4n) is 2.30. The molecule has 1 fully saturated rings. The van der Waals surface area contributed by atoms with Crippen LogP contribution in [0, 0.1) is 5.82 Å². The molecule has 0 aromatic heterocycles. The van der Waals surface area contributed by atoms with Gasteiger partial charge in [-0.1, -0.05) is 0 Å². The van der Waals surface area contributed by atoms with E-state index in [-0.39, 0.29) is 5.46 Å². The summed E-state index contributed by atoms with van der Waals surface area (Å²) < 4.78 is 68.8. The number of benzene rings is 1. The highest BCUT2D eigenvalue weighted by Crippen LogP contribution is 2.37. The largest absolute Gasteiger partial charge is 0.497 e. The highest BCUT2D eigenvalue weighted by Gasteiger charge is 2.52. The van der Waals surface area contributed by atoms with Crippen molar-refractivity contribution in [3.05, 3.63) is 23.5 Å². The molecule has 1 aliphatic heterocycles. The van der Waals surface area contributed by atoms with Gasteiger partial charge in [0.15, 0.2) is 6.10 Å². The third-order valence-electron chi connectivity index (χ3n) is 4.55. The van der Waals surface area contributed by atoms with Gasteiger partial charge >= 0.3 is 13.1 Å². The predicted octanol–water partition coefficient (Wildman–Crippen LogP) is 2.81. The second-order valence-electron chi connectivity index (χ2n) is 6.91. The summed E-state index contributed by atoms with van der Waals surface area (Å²) in [6.45, 7) is 5.36. The van der Waals surface area contributed by atoms with Crippen molar-refractivity contribution in [1.82, 2.24) is 0 Å². The average Bonchev–Trinajstić information content (AvgIpc) is 2.73. The fraction of sp³-hybridized carbons (Fsp3) is 0.562. The number of halogens is 4. The predicted molar refractivity (Wildman–Crippen MR) is 85.5 cm³/mol. The van der Waals surface area contributed by atoms with Crippen molar-refractivity contribution in [2.45, 2.75) is 51.4 Å². The lowest BCUT2D eigenvalue weighted by Crippen LogP contribution is -2.41. The summed E-state index contributed by atoms with van der Waals surface area (Å²) >= 11 is 0. The summed E-state index contributed by atoms with van der Waals surface area (Å²) in [5.74, 6) is -3.17. The van der Waals surface area contributed by atoms with Crippen molar-refractivity contribution in [1.29, 1.82) is 0 Å². The molecule has 1 aromatic carbocycles. The molecule has 0 radical (unpaired) electrons. The molecule has 26 heavy (non-hydrogen) atoms. The van der Waals surface area contributed by atoms with Crippen LogP contribution < -0.4 is 10.2 Å². The average molecular weight is 378 g/mol. The molecule has 0 bridgehead atoms. The van der Waals surface area contributed by atoms with Crippen molar-refractivity contribution in [2.75, 3.05) is 6.67 Å². The summed E-state index contributed by atoms with van der Waals surface area (Å²) in [5, 5.41) is 9.15. The second kappa shape index (κ2) is 7.07. The van der Waals surface area contributed by atoms with Crippen LogP contribution in [-0.2, 0) is 9.31 Å². The highest BCUT2D eigenvalue weighted by atomic mass is 19.3. The van der Waals surface area contributed by atoms with Gasteiger partial charge in [0.25, 0.3) is 6.43 Å². The molecule has 1 atom stereocenters. The summed E-state index contributed by atoms with van der Waals surface area (Å²) in [4.78, 5) is 11.3. The summed E-state index contributed by atoms with van der Waals surface area (Å²) in [7, 11) is -1.21. The fourth-order valence-corrected chi connectivity index (χ4v) is 2.30. The van der Waals surface area contributed by atoms with Gasteiger partial charge < -0.3 is 19.2 Å². The van der Waals surface area contributed by atoms with Gasteiger partial charge in [-0.25, -0.2) is 22.4 Å². The minimum absolute atomic E-state index is 0.226. The van der Waals surface area contributed by atoms with Gasteiger partial charge in [0.05, 0.1) is 11.2 Å². The Morgan fingerprint density at radius 1 is 1.23 bits per heavy atom. The zero-order valence-electron chi connectivity index (χ0n) is 14.7. The monoisotopic (exact) mass is 378 g/mol. The van der Waals surface area contributed by atoms with Crippen LogP contribution in [-0.4, -0.2) is 48.6 Å². The molecule has 0 aliphatic carbocycles. The Labute approximate surface area is 148 Å². The topological polar surface area (TPSA) is 65.0 Å². The molecule has 0 saturated carbocycles. The zero-order chi connectivity index (χ0) is 19.9. The van der Waals surface area contributed by atoms with E-state index in [1.54, 1.807) is 27.7 Å². The molecule has 0 amide bonds. The van der Waals surface area contributed by atoms with Crippen molar-refractivity contribution >= 4 is 18.6 Å². The van der Waals surface area contributed by atoms with Crippen LogP contribution in [0.5, 0.6) is 5.75 Å². The molecule has 1 aliphatic rings. The molecule has 1 N–H and O–H groups in total. The molecule has 1 heterocycles. The maximum atomic E-state index is 14.4. The Morgan fingerprint density at radius 2 is 1.77 bits per heavy atom. The number of hydrogen-bond acceptors (Lipinski definition) is 4. The minimum Gasteiger partial charge on any atom is -0.481 e. The molecule has 10 heteroatoms. The van der Waals surface area contributed by atoms with Crippen molar-refractivity contribution < 1.29 is 41.5 Å². The number of aromatic carboxylic acids is 1. The van der Waals surface area contributed by atoms with Crippen molar-refractivity contribution in [3.63, 3.8) is 0 Å². The normalized spacial score (nSPS) is 19.7. The first-order chi connectivity index (χ1) is 11.9. The smallest absolute Gasteiger partial charge is 0.481 e. The number of rotatable bonds is 6. The summed E-state index contributed by atoms with van der Waals surface area (Å²) in [6, 6.07) is 1.50. The van der Waals surface area contributed by atoms with Crippen LogP contribution in [0.3, 0.4) is 0 Å². The first-order valence-electron chi connectivity index (χ1n) is 7.82. The number of hydrogen-bond donors (Lipinski definition) is 1. The number of carboxylic acids is 1. The maximum Gasteiger partial charge on any atom is 0.497 e. The van der Waals surface area contributed by atoms with Gasteiger partial charge in [-0.3, -0.25) is 0 Å². The molecule has 5 nitrogen and oxygen atoms in total. The number of alkyl halides is 3. The van der Waals surface area contributed by atoms with Crippen molar-refractivity contribution in [2.24, 2.45) is 0 Å². The quantitative estimate of drug-likeness (QED) is 0.609. The first-order valence-corrected chi connectivity index (χ1v) is 7.82. The Hall–Kier alpha value is -1.81. The van der Waals surface area contributed by atoms with E-state index < -0.39 is 60.6 Å². The SMILES string of the molecule is CC1(C)OB(c2cc(OC(CF)C(F)F)c(C(=O)O)cc2F)OC1(C)C. The van der Waals surface area contributed by atoms with E-state index in [0.29, 0.717) is 6.07 Å².